The fourth-order valence-electron chi connectivity index (χ4n) is 3.23. The van der Waals surface area contributed by atoms with E-state index in [9.17, 15) is 4.79 Å². The van der Waals surface area contributed by atoms with Gasteiger partial charge in [0.1, 0.15) is 5.60 Å². The molecular weight excluding hydrogens is 370 g/mol. The van der Waals surface area contributed by atoms with Crippen molar-refractivity contribution in [2.24, 2.45) is 4.99 Å². The first-order chi connectivity index (χ1) is 13.1. The van der Waals surface area contributed by atoms with E-state index < -0.39 is 17.2 Å². The molecular formula is C21H43N5O3. The van der Waals surface area contributed by atoms with Crippen LogP contribution in [0.4, 0.5) is 4.79 Å². The summed E-state index contributed by atoms with van der Waals surface area (Å²) in [6.45, 7) is 21.2. The van der Waals surface area contributed by atoms with Crippen molar-refractivity contribution in [2.75, 3.05) is 33.2 Å². The highest BCUT2D eigenvalue weighted by Crippen LogP contribution is 2.20. The van der Waals surface area contributed by atoms with Crippen molar-refractivity contribution in [2.45, 2.75) is 91.2 Å². The number of nitrogens with one attached hydrogen (secondary N) is 3. The summed E-state index contributed by atoms with van der Waals surface area (Å²) in [4.78, 5) is 18.8. The molecule has 0 aromatic rings. The van der Waals surface area contributed by atoms with Crippen LogP contribution in [0.2, 0.25) is 0 Å². The molecule has 1 saturated heterocycles. The van der Waals surface area contributed by atoms with Crippen molar-refractivity contribution < 1.29 is 14.3 Å². The second-order valence-electron chi connectivity index (χ2n) is 10.3. The number of morpholine rings is 1. The summed E-state index contributed by atoms with van der Waals surface area (Å²) >= 11 is 0. The highest BCUT2D eigenvalue weighted by atomic mass is 16.6. The summed E-state index contributed by atoms with van der Waals surface area (Å²) in [5.41, 5.74) is -1.07. The van der Waals surface area contributed by atoms with Gasteiger partial charge in [0, 0.05) is 38.8 Å². The van der Waals surface area contributed by atoms with Crippen LogP contribution in [0.1, 0.15) is 62.3 Å². The number of amides is 1. The van der Waals surface area contributed by atoms with Crippen molar-refractivity contribution in [1.29, 1.82) is 0 Å². The largest absolute Gasteiger partial charge is 0.444 e. The topological polar surface area (TPSA) is 87.2 Å². The Balaban J connectivity index is 2.54. The Morgan fingerprint density at radius 2 is 1.55 bits per heavy atom. The zero-order chi connectivity index (χ0) is 22.5. The standard InChI is InChI=1S/C21H43N5O3/c1-15-11-26(12-16(2)28-15)21(8,9)14-24-17(22-10)23-13-20(6,7)25-18(27)29-19(3,4)5/h15-16H,11-14H2,1-10H3,(H,25,27)(H2,22,23,24). The zero-order valence-corrected chi connectivity index (χ0v) is 20.1. The van der Waals surface area contributed by atoms with Crippen molar-refractivity contribution in [3.8, 4) is 0 Å². The maximum absolute atomic E-state index is 12.1. The molecule has 170 valence electrons. The maximum atomic E-state index is 12.1. The second-order valence-corrected chi connectivity index (χ2v) is 10.3. The Hall–Kier alpha value is -1.54. The van der Waals surface area contributed by atoms with Crippen LogP contribution < -0.4 is 16.0 Å². The number of hydrogen-bond donors (Lipinski definition) is 3. The monoisotopic (exact) mass is 413 g/mol. The molecule has 0 radical (unpaired) electrons. The lowest BCUT2D eigenvalue weighted by Gasteiger charge is -2.45. The van der Waals surface area contributed by atoms with Gasteiger partial charge in [0.2, 0.25) is 0 Å². The Kier molecular flexibility index (Phi) is 8.77. The van der Waals surface area contributed by atoms with E-state index in [-0.39, 0.29) is 17.7 Å². The van der Waals surface area contributed by atoms with E-state index in [1.54, 1.807) is 7.05 Å². The predicted molar refractivity (Wildman–Crippen MR) is 118 cm³/mol. The quantitative estimate of drug-likeness (QED) is 0.458. The minimum Gasteiger partial charge on any atom is -0.444 e. The van der Waals surface area contributed by atoms with Gasteiger partial charge in [-0.05, 0) is 62.3 Å². The molecule has 0 spiro atoms. The van der Waals surface area contributed by atoms with Crippen LogP contribution in [-0.2, 0) is 9.47 Å². The molecule has 0 saturated carbocycles. The van der Waals surface area contributed by atoms with Crippen molar-refractivity contribution >= 4 is 12.1 Å². The minimum absolute atomic E-state index is 0.0474. The lowest BCUT2D eigenvalue weighted by molar-refractivity contribution is -0.0946. The molecule has 0 bridgehead atoms. The van der Waals surface area contributed by atoms with Crippen LogP contribution in [0.15, 0.2) is 4.99 Å². The number of rotatable bonds is 6. The molecule has 1 amide bonds. The predicted octanol–water partition coefficient (Wildman–Crippen LogP) is 2.34. The van der Waals surface area contributed by atoms with Crippen LogP contribution in [0.3, 0.4) is 0 Å². The smallest absolute Gasteiger partial charge is 0.408 e. The molecule has 3 N–H and O–H groups in total. The molecule has 1 rings (SSSR count). The van der Waals surface area contributed by atoms with Crippen LogP contribution >= 0.6 is 0 Å². The van der Waals surface area contributed by atoms with Gasteiger partial charge in [0.25, 0.3) is 0 Å². The van der Waals surface area contributed by atoms with E-state index in [2.05, 4.69) is 53.5 Å². The lowest BCUT2D eigenvalue weighted by atomic mass is 10.00. The molecule has 1 heterocycles. The van der Waals surface area contributed by atoms with E-state index in [4.69, 9.17) is 9.47 Å². The summed E-state index contributed by atoms with van der Waals surface area (Å²) in [6.07, 6.45) is 0.0364. The first-order valence-electron chi connectivity index (χ1n) is 10.5. The van der Waals surface area contributed by atoms with Gasteiger partial charge >= 0.3 is 6.09 Å². The summed E-state index contributed by atoms with van der Waals surface area (Å²) in [6, 6.07) is 0. The number of ether oxygens (including phenoxy) is 2. The maximum Gasteiger partial charge on any atom is 0.408 e. The fourth-order valence-corrected chi connectivity index (χ4v) is 3.23. The zero-order valence-electron chi connectivity index (χ0n) is 20.1. The minimum atomic E-state index is -0.523. The van der Waals surface area contributed by atoms with E-state index in [0.717, 1.165) is 19.6 Å². The molecule has 1 fully saturated rings. The molecule has 8 heteroatoms. The number of hydrogen-bond acceptors (Lipinski definition) is 5. The van der Waals surface area contributed by atoms with Gasteiger partial charge in [-0.25, -0.2) is 4.79 Å². The van der Waals surface area contributed by atoms with Crippen LogP contribution in [0, 0.1) is 0 Å². The van der Waals surface area contributed by atoms with E-state index >= 15 is 0 Å². The Morgan fingerprint density at radius 3 is 2.03 bits per heavy atom. The van der Waals surface area contributed by atoms with Crippen molar-refractivity contribution in [3.63, 3.8) is 0 Å². The Bertz CT molecular complexity index is 559. The van der Waals surface area contributed by atoms with E-state index in [0.29, 0.717) is 12.5 Å². The van der Waals surface area contributed by atoms with Crippen LogP contribution in [0.5, 0.6) is 0 Å². The van der Waals surface area contributed by atoms with E-state index in [1.165, 1.54) is 0 Å². The SMILES string of the molecule is CN=C(NCC(C)(C)NC(=O)OC(C)(C)C)NCC(C)(C)N1CC(C)OC(C)C1. The van der Waals surface area contributed by atoms with Crippen LogP contribution in [0.25, 0.3) is 0 Å². The second kappa shape index (κ2) is 9.98. The third-order valence-corrected chi connectivity index (χ3v) is 4.72. The third kappa shape index (κ3) is 9.67. The van der Waals surface area contributed by atoms with Gasteiger partial charge in [-0.1, -0.05) is 0 Å². The summed E-state index contributed by atoms with van der Waals surface area (Å²) in [5, 5.41) is 9.61. The van der Waals surface area contributed by atoms with Crippen molar-refractivity contribution in [1.82, 2.24) is 20.9 Å². The molecule has 0 aliphatic carbocycles. The number of carbonyl (C=O) groups excluding carboxylic acids is 1. The van der Waals surface area contributed by atoms with Gasteiger partial charge in [-0.2, -0.15) is 0 Å². The average molecular weight is 414 g/mol. The molecule has 2 unspecified atom stereocenters. The lowest BCUT2D eigenvalue weighted by Crippen LogP contribution is -2.60. The van der Waals surface area contributed by atoms with Gasteiger partial charge < -0.3 is 25.4 Å². The van der Waals surface area contributed by atoms with Gasteiger partial charge in [-0.3, -0.25) is 9.89 Å². The van der Waals surface area contributed by atoms with Crippen molar-refractivity contribution in [3.05, 3.63) is 0 Å². The van der Waals surface area contributed by atoms with Gasteiger partial charge in [-0.15, -0.1) is 0 Å². The number of nitrogens with zero attached hydrogens (tertiary/aromatic N) is 2. The number of guanidine groups is 1. The Labute approximate surface area is 177 Å². The molecule has 1 aliphatic rings. The van der Waals surface area contributed by atoms with E-state index in [1.807, 2.05) is 34.6 Å². The molecule has 1 aliphatic heterocycles. The normalized spacial score (nSPS) is 22.2. The fraction of sp³-hybridized carbons (Fsp3) is 0.905. The molecule has 0 aromatic carbocycles. The molecule has 8 nitrogen and oxygen atoms in total. The van der Waals surface area contributed by atoms with Gasteiger partial charge in [0.05, 0.1) is 17.7 Å². The number of alkyl carbamates (subject to hydrolysis) is 1. The average Bonchev–Trinajstić information content (AvgIpc) is 2.51. The number of carbonyl (C=O) groups is 1. The number of aliphatic imine (C=N–C) groups is 1. The molecule has 2 atom stereocenters. The molecule has 0 aromatic heterocycles. The third-order valence-electron chi connectivity index (χ3n) is 4.72. The summed E-state index contributed by atoms with van der Waals surface area (Å²) in [7, 11) is 1.75. The highest BCUT2D eigenvalue weighted by Gasteiger charge is 2.33. The van der Waals surface area contributed by atoms with Gasteiger partial charge in [0.15, 0.2) is 5.96 Å². The first-order valence-corrected chi connectivity index (χ1v) is 10.5. The highest BCUT2D eigenvalue weighted by molar-refractivity contribution is 5.80. The first kappa shape index (κ1) is 25.5. The summed E-state index contributed by atoms with van der Waals surface area (Å²) in [5.74, 6) is 0.700. The summed E-state index contributed by atoms with van der Waals surface area (Å²) < 4.78 is 11.2. The molecule has 29 heavy (non-hydrogen) atoms. The van der Waals surface area contributed by atoms with Crippen LogP contribution in [-0.4, -0.2) is 79.1 Å². The Morgan fingerprint density at radius 1 is 1.03 bits per heavy atom.